The fraction of sp³-hybridized carbons (Fsp3) is 0. The Balaban J connectivity index is 2.54. The van der Waals surface area contributed by atoms with Gasteiger partial charge in [-0.25, -0.2) is 0 Å². The molecule has 2 N–H and O–H groups in total. The van der Waals surface area contributed by atoms with Crippen LogP contribution >= 0.6 is 0 Å². The topological polar surface area (TPSA) is 24.1 Å². The van der Waals surface area contributed by atoms with Gasteiger partial charge in [0.15, 0.2) is 0 Å². The van der Waals surface area contributed by atoms with Gasteiger partial charge >= 0.3 is 59.3 Å². The van der Waals surface area contributed by atoms with Crippen LogP contribution in [0.15, 0.2) is 24.3 Å². The Hall–Kier alpha value is -1.25. The first-order valence-electron chi connectivity index (χ1n) is 3.24. The molecule has 1 aromatic carbocycles. The van der Waals surface area contributed by atoms with Crippen LogP contribution in [0.5, 0.6) is 0 Å². The van der Waals surface area contributed by atoms with Crippen LogP contribution in [0.3, 0.4) is 0 Å². The van der Waals surface area contributed by atoms with Gasteiger partial charge in [-0.15, -0.1) is 0 Å². The summed E-state index contributed by atoms with van der Waals surface area (Å²) in [6.45, 7) is 0. The van der Waals surface area contributed by atoms with Gasteiger partial charge in [-0.2, -0.15) is 0 Å². The van der Waals surface area contributed by atoms with Crippen molar-refractivity contribution in [2.45, 2.75) is 0 Å². The number of hydrazine groups is 1. The molecule has 0 aliphatic carbocycles. The summed E-state index contributed by atoms with van der Waals surface area (Å²) in [4.78, 5) is 0. The van der Waals surface area contributed by atoms with E-state index in [1.165, 1.54) is 5.56 Å². The number of hydrogen-bond donors (Lipinski definition) is 2. The van der Waals surface area contributed by atoms with Gasteiger partial charge in [-0.3, -0.25) is 0 Å². The second-order valence-corrected chi connectivity index (χ2v) is 2.19. The van der Waals surface area contributed by atoms with E-state index < -0.39 is 0 Å². The van der Waals surface area contributed by atoms with Crippen LogP contribution in [-0.4, -0.2) is 13.0 Å². The molecule has 0 saturated carbocycles. The van der Waals surface area contributed by atoms with Gasteiger partial charge < -0.3 is 0 Å². The average Bonchev–Trinajstić information content (AvgIpc) is 2.05. The molecule has 0 bridgehead atoms. The summed E-state index contributed by atoms with van der Waals surface area (Å²) in [7, 11) is 1.88. The molecule has 0 amide bonds. The molecule has 10 heavy (non-hydrogen) atoms. The van der Waals surface area contributed by atoms with Gasteiger partial charge in [0.1, 0.15) is 0 Å². The molecule has 1 aliphatic heterocycles. The number of nitrogens with one attached hydrogen (secondary N) is 2. The summed E-state index contributed by atoms with van der Waals surface area (Å²) in [5.74, 6) is 2.03. The summed E-state index contributed by atoms with van der Waals surface area (Å²) >= 11 is 0. The molecule has 0 atom stereocenters. The number of fused-ring (bicyclic) bond motifs is 1. The van der Waals surface area contributed by atoms with Gasteiger partial charge in [-0.05, 0) is 0 Å². The average molecular weight is 130 g/mol. The van der Waals surface area contributed by atoms with Crippen molar-refractivity contribution in [3.05, 3.63) is 29.8 Å². The third-order valence-corrected chi connectivity index (χ3v) is 1.51. The molecule has 1 heterocycles. The molecular weight excluding hydrogens is 123 g/mol. The van der Waals surface area contributed by atoms with E-state index in [1.54, 1.807) is 0 Å². The fourth-order valence-electron chi connectivity index (χ4n) is 1.01. The third-order valence-electron chi connectivity index (χ3n) is 1.51. The van der Waals surface area contributed by atoms with Crippen molar-refractivity contribution < 1.29 is 0 Å². The Morgan fingerprint density at radius 2 is 2.10 bits per heavy atom. The van der Waals surface area contributed by atoms with Crippen molar-refractivity contribution in [3.8, 4) is 0 Å². The zero-order valence-corrected chi connectivity index (χ0v) is 5.46. The maximum atomic E-state index is 3.03. The van der Waals surface area contributed by atoms with Crippen LogP contribution in [0, 0.1) is 0 Å². The number of anilines is 1. The molecule has 1 aromatic rings. The van der Waals surface area contributed by atoms with Crippen molar-refractivity contribution >= 4 is 18.7 Å². The molecule has 0 aromatic heterocycles. The molecule has 2 nitrogen and oxygen atoms in total. The maximum absolute atomic E-state index is 3.03. The molecule has 3 heteroatoms. The number of para-hydroxylation sites is 1. The second kappa shape index (κ2) is 2.18. The van der Waals surface area contributed by atoms with Gasteiger partial charge in [0.2, 0.25) is 0 Å². The van der Waals surface area contributed by atoms with Crippen LogP contribution in [0.2, 0.25) is 0 Å². The van der Waals surface area contributed by atoms with Gasteiger partial charge in [0.25, 0.3) is 0 Å². The molecule has 0 radical (unpaired) electrons. The van der Waals surface area contributed by atoms with Crippen LogP contribution in [0.1, 0.15) is 5.56 Å². The van der Waals surface area contributed by atoms with Crippen LogP contribution in [0.25, 0.3) is 0 Å². The SMILES string of the molecule is B1=Cc2ccccc2NN1. The van der Waals surface area contributed by atoms with Gasteiger partial charge in [0, 0.05) is 0 Å². The van der Waals surface area contributed by atoms with Crippen molar-refractivity contribution in [1.82, 2.24) is 5.34 Å². The minimum atomic E-state index is 1.13. The first-order chi connectivity index (χ1) is 4.97. The summed E-state index contributed by atoms with van der Waals surface area (Å²) in [6, 6.07) is 8.13. The predicted octanol–water partition coefficient (Wildman–Crippen LogP) is 0.386. The fourth-order valence-corrected chi connectivity index (χ4v) is 1.01. The zero-order valence-electron chi connectivity index (χ0n) is 5.46. The van der Waals surface area contributed by atoms with Crippen LogP contribution in [-0.2, 0) is 0 Å². The Labute approximate surface area is 60.2 Å². The van der Waals surface area contributed by atoms with E-state index in [4.69, 9.17) is 0 Å². The zero-order chi connectivity index (χ0) is 6.81. The summed E-state index contributed by atoms with van der Waals surface area (Å²) < 4.78 is 0. The molecule has 0 fully saturated rings. The van der Waals surface area contributed by atoms with Gasteiger partial charge in [-0.1, -0.05) is 0 Å². The molecule has 0 saturated heterocycles. The molecular formula is C7H7BN2. The molecule has 48 valence electrons. The second-order valence-electron chi connectivity index (χ2n) is 2.19. The monoisotopic (exact) mass is 130 g/mol. The number of hydrogen-bond acceptors (Lipinski definition) is 2. The normalized spacial score (nSPS) is 12.4. The standard InChI is InChI=1S/C7H7BN2/c1-2-4-7-6(3-1)5-8-10-9-7/h1-5,9-10H. The van der Waals surface area contributed by atoms with Crippen LogP contribution < -0.4 is 10.8 Å². The van der Waals surface area contributed by atoms with E-state index in [1.807, 2.05) is 31.2 Å². The van der Waals surface area contributed by atoms with E-state index >= 15 is 0 Å². The van der Waals surface area contributed by atoms with E-state index in [0.717, 1.165) is 5.69 Å². The predicted molar refractivity (Wildman–Crippen MR) is 44.1 cm³/mol. The number of benzene rings is 1. The van der Waals surface area contributed by atoms with Crippen molar-refractivity contribution in [2.24, 2.45) is 0 Å². The van der Waals surface area contributed by atoms with Crippen molar-refractivity contribution in [2.75, 3.05) is 5.43 Å². The number of rotatable bonds is 0. The first kappa shape index (κ1) is 5.53. The van der Waals surface area contributed by atoms with E-state index in [0.29, 0.717) is 0 Å². The Morgan fingerprint density at radius 3 is 3.00 bits per heavy atom. The molecule has 0 spiro atoms. The molecule has 0 unspecified atom stereocenters. The molecule has 2 rings (SSSR count). The third kappa shape index (κ3) is 0.797. The summed E-state index contributed by atoms with van der Waals surface area (Å²) in [6.07, 6.45) is 0. The Bertz CT molecular complexity index is 270. The van der Waals surface area contributed by atoms with E-state index in [-0.39, 0.29) is 0 Å². The van der Waals surface area contributed by atoms with Crippen molar-refractivity contribution in [3.63, 3.8) is 0 Å². The van der Waals surface area contributed by atoms with Gasteiger partial charge in [0.05, 0.1) is 0 Å². The van der Waals surface area contributed by atoms with Crippen molar-refractivity contribution in [1.29, 1.82) is 0 Å². The molecule has 1 aliphatic rings. The van der Waals surface area contributed by atoms with E-state index in [9.17, 15) is 0 Å². The Morgan fingerprint density at radius 1 is 1.20 bits per heavy atom. The minimum absolute atomic E-state index is 1.13. The summed E-state index contributed by atoms with van der Waals surface area (Å²) in [5.41, 5.74) is 5.38. The van der Waals surface area contributed by atoms with Crippen LogP contribution in [0.4, 0.5) is 5.69 Å². The Kier molecular flexibility index (Phi) is 1.20. The van der Waals surface area contributed by atoms with E-state index in [2.05, 4.69) is 16.8 Å². The first-order valence-corrected chi connectivity index (χ1v) is 3.24. The quantitative estimate of drug-likeness (QED) is 0.496. The summed E-state index contributed by atoms with van der Waals surface area (Å²) in [5, 5.41) is 2.91.